The number of para-hydroxylation sites is 4. The van der Waals surface area contributed by atoms with Crippen LogP contribution in [0.3, 0.4) is 0 Å². The van der Waals surface area contributed by atoms with E-state index in [9.17, 15) is 0 Å². The summed E-state index contributed by atoms with van der Waals surface area (Å²) < 4.78 is 18.6. The molecule has 1 aliphatic heterocycles. The van der Waals surface area contributed by atoms with Crippen LogP contribution >= 0.6 is 31.9 Å². The Hall–Kier alpha value is -4.84. The average molecular weight is 759 g/mol. The van der Waals surface area contributed by atoms with Crippen molar-refractivity contribution in [2.45, 2.75) is 24.7 Å². The monoisotopic (exact) mass is 757 g/mol. The number of fused-ring (bicyclic) bond motifs is 20. The van der Waals surface area contributed by atoms with E-state index in [2.05, 4.69) is 159 Å². The molecular weight excluding hydrogens is 734 g/mol. The maximum Gasteiger partial charge on any atom is 0.144 e. The summed E-state index contributed by atoms with van der Waals surface area (Å²) in [5, 5.41) is 5.84. The molecule has 2 aliphatic carbocycles. The zero-order valence-corrected chi connectivity index (χ0v) is 29.4. The lowest BCUT2D eigenvalue weighted by Crippen LogP contribution is -2.33. The second-order valence-corrected chi connectivity index (χ2v) is 15.5. The first kappa shape index (κ1) is 27.0. The van der Waals surface area contributed by atoms with Crippen LogP contribution in [0.15, 0.2) is 127 Å². The molecule has 3 aromatic heterocycles. The molecule has 6 aromatic carbocycles. The number of halogens is 2. The number of aromatic nitrogens is 1. The first-order valence-electron chi connectivity index (χ1n) is 16.8. The maximum absolute atomic E-state index is 7.11. The van der Waals surface area contributed by atoms with Crippen LogP contribution < -0.4 is 0 Å². The highest BCUT2D eigenvalue weighted by Crippen LogP contribution is 2.65. The summed E-state index contributed by atoms with van der Waals surface area (Å²) in [6.07, 6.45) is 5.49. The van der Waals surface area contributed by atoms with E-state index in [0.717, 1.165) is 65.2 Å². The van der Waals surface area contributed by atoms with Crippen LogP contribution in [-0.2, 0) is 5.41 Å². The molecule has 9 aromatic rings. The van der Waals surface area contributed by atoms with Gasteiger partial charge < -0.3 is 13.4 Å². The molecule has 5 heteroatoms. The first-order valence-corrected chi connectivity index (χ1v) is 18.4. The number of rotatable bonds is 0. The Morgan fingerprint density at radius 3 is 2.20 bits per heavy atom. The van der Waals surface area contributed by atoms with Crippen molar-refractivity contribution in [1.29, 1.82) is 0 Å². The highest BCUT2D eigenvalue weighted by Gasteiger charge is 2.53. The van der Waals surface area contributed by atoms with Gasteiger partial charge in [0.05, 0.1) is 22.1 Å². The van der Waals surface area contributed by atoms with E-state index in [1.54, 1.807) is 0 Å². The molecule has 3 nitrogen and oxygen atoms in total. The van der Waals surface area contributed by atoms with Gasteiger partial charge in [0.1, 0.15) is 22.5 Å². The summed E-state index contributed by atoms with van der Waals surface area (Å²) in [7, 11) is 0. The number of hydrogen-bond donors (Lipinski definition) is 0. The predicted molar refractivity (Wildman–Crippen MR) is 206 cm³/mol. The number of hydrogen-bond acceptors (Lipinski definition) is 2. The van der Waals surface area contributed by atoms with Gasteiger partial charge in [0.2, 0.25) is 0 Å². The third-order valence-corrected chi connectivity index (χ3v) is 12.8. The van der Waals surface area contributed by atoms with Crippen LogP contribution in [0.5, 0.6) is 0 Å². The van der Waals surface area contributed by atoms with Crippen molar-refractivity contribution in [2.24, 2.45) is 0 Å². The summed E-state index contributed by atoms with van der Waals surface area (Å²) in [6, 6.07) is 37.8. The molecule has 0 radical (unpaired) electrons. The van der Waals surface area contributed by atoms with Crippen molar-refractivity contribution >= 4 is 92.6 Å². The van der Waals surface area contributed by atoms with Crippen molar-refractivity contribution in [3.63, 3.8) is 0 Å². The van der Waals surface area contributed by atoms with E-state index >= 15 is 0 Å². The number of allylic oxidation sites excluding steroid dienone is 1. The second-order valence-electron chi connectivity index (χ2n) is 13.8. The van der Waals surface area contributed by atoms with Gasteiger partial charge in [-0.3, -0.25) is 0 Å². The normalized spacial score (nSPS) is 18.6. The molecule has 2 atom stereocenters. The Kier molecular flexibility index (Phi) is 4.98. The zero-order valence-electron chi connectivity index (χ0n) is 26.3. The van der Waals surface area contributed by atoms with Crippen molar-refractivity contribution < 1.29 is 8.83 Å². The molecule has 0 fully saturated rings. The lowest BCUT2D eigenvalue weighted by Gasteiger charge is -2.39. The summed E-state index contributed by atoms with van der Waals surface area (Å²) in [4.78, 5) is 0. The Labute approximate surface area is 297 Å². The summed E-state index contributed by atoms with van der Waals surface area (Å²) in [5.74, 6) is 1.35. The standard InChI is InChI=1S/C44H25Br2NO2/c1-22-10-8-14-26-37-32(46)21-30-39(43(37)49-41(22)26)38-29(20-31(45)36-25-12-3-7-19-35(25)48-42(36)38)44(30)27-15-4-6-18-34(27)47-33-17-5-2-11-23(33)24-13-9-16-28(44)40(24)47/h2-9,11-22H,10H2,1H3. The SMILES string of the molecule is CC1CC=Cc2c1oc1c3c(cc(Br)c21)C1(c2ccccc2-n2c4ccccc4c4cccc1c42)c1cc(Br)c2c(oc4ccccc42)c1-3. The molecule has 2 unspecified atom stereocenters. The first-order chi connectivity index (χ1) is 24.1. The highest BCUT2D eigenvalue weighted by atomic mass is 79.9. The van der Waals surface area contributed by atoms with E-state index in [1.807, 2.05) is 0 Å². The van der Waals surface area contributed by atoms with Crippen molar-refractivity contribution in [3.8, 4) is 16.8 Å². The van der Waals surface area contributed by atoms with Crippen LogP contribution in [0.25, 0.3) is 77.6 Å². The molecule has 49 heavy (non-hydrogen) atoms. The van der Waals surface area contributed by atoms with Gasteiger partial charge in [-0.05, 0) is 59.0 Å². The fraction of sp³-hybridized carbons (Fsp3) is 0.0909. The van der Waals surface area contributed by atoms with E-state index < -0.39 is 5.41 Å². The fourth-order valence-electron chi connectivity index (χ4n) is 9.66. The summed E-state index contributed by atoms with van der Waals surface area (Å²) >= 11 is 8.21. The predicted octanol–water partition coefficient (Wildman–Crippen LogP) is 13.2. The summed E-state index contributed by atoms with van der Waals surface area (Å²) in [5.41, 5.74) is 14.0. The highest BCUT2D eigenvalue weighted by molar-refractivity contribution is 9.11. The van der Waals surface area contributed by atoms with Gasteiger partial charge in [-0.15, -0.1) is 0 Å². The quantitative estimate of drug-likeness (QED) is 0.154. The van der Waals surface area contributed by atoms with Crippen LogP contribution in [0.1, 0.15) is 52.8 Å². The molecule has 0 bridgehead atoms. The van der Waals surface area contributed by atoms with E-state index in [1.165, 1.54) is 55.3 Å². The number of nitrogens with zero attached hydrogens (tertiary/aromatic N) is 1. The van der Waals surface area contributed by atoms with E-state index in [-0.39, 0.29) is 0 Å². The fourth-order valence-corrected chi connectivity index (χ4v) is 10.9. The Bertz CT molecular complexity index is 3030. The summed E-state index contributed by atoms with van der Waals surface area (Å²) in [6.45, 7) is 2.26. The molecule has 0 saturated heterocycles. The topological polar surface area (TPSA) is 31.2 Å². The van der Waals surface area contributed by atoms with Gasteiger partial charge >= 0.3 is 0 Å². The van der Waals surface area contributed by atoms with Gasteiger partial charge in [0.25, 0.3) is 0 Å². The van der Waals surface area contributed by atoms with Crippen LogP contribution in [-0.4, -0.2) is 4.57 Å². The molecule has 0 amide bonds. The van der Waals surface area contributed by atoms with Gasteiger partial charge in [-0.25, -0.2) is 0 Å². The Morgan fingerprint density at radius 2 is 1.35 bits per heavy atom. The molecule has 232 valence electrons. The Balaban J connectivity index is 1.38. The lowest BCUT2D eigenvalue weighted by molar-refractivity contribution is 0.504. The van der Waals surface area contributed by atoms with Crippen LogP contribution in [0.4, 0.5) is 0 Å². The zero-order chi connectivity index (χ0) is 32.3. The van der Waals surface area contributed by atoms with Gasteiger partial charge in [-0.1, -0.05) is 124 Å². The van der Waals surface area contributed by atoms with Crippen LogP contribution in [0.2, 0.25) is 0 Å². The van der Waals surface area contributed by atoms with Gasteiger partial charge in [0.15, 0.2) is 0 Å². The molecular formula is C44H25Br2NO2. The minimum absolute atomic E-state index is 0.292. The minimum atomic E-state index is -0.647. The third-order valence-electron chi connectivity index (χ3n) is 11.5. The largest absolute Gasteiger partial charge is 0.459 e. The molecule has 0 N–H and O–H groups in total. The van der Waals surface area contributed by atoms with Crippen LogP contribution in [0, 0.1) is 0 Å². The van der Waals surface area contributed by atoms with Crippen molar-refractivity contribution in [1.82, 2.24) is 4.57 Å². The Morgan fingerprint density at radius 1 is 0.673 bits per heavy atom. The van der Waals surface area contributed by atoms with Crippen molar-refractivity contribution in [3.05, 3.63) is 152 Å². The van der Waals surface area contributed by atoms with Crippen molar-refractivity contribution in [2.75, 3.05) is 0 Å². The second kappa shape index (κ2) is 9.03. The molecule has 0 saturated carbocycles. The molecule has 1 spiro atoms. The lowest BCUT2D eigenvalue weighted by atomic mass is 9.65. The van der Waals surface area contributed by atoms with Gasteiger partial charge in [-0.2, -0.15) is 0 Å². The maximum atomic E-state index is 7.11. The molecule has 12 rings (SSSR count). The van der Waals surface area contributed by atoms with E-state index in [0.29, 0.717) is 5.92 Å². The van der Waals surface area contributed by atoms with E-state index in [4.69, 9.17) is 8.83 Å². The minimum Gasteiger partial charge on any atom is -0.459 e. The smallest absolute Gasteiger partial charge is 0.144 e. The number of benzene rings is 6. The molecule has 3 aliphatic rings. The third kappa shape index (κ3) is 3.00. The number of furan rings is 2. The molecule has 4 heterocycles. The average Bonchev–Trinajstić information content (AvgIpc) is 3.86. The van der Waals surface area contributed by atoms with Gasteiger partial charge in [0, 0.05) is 58.5 Å².